The standard InChI is InChI=1S/C23H28N4O2/c1-16-5-4-6-19(13-16)15-26-9-11-27(12-10-26)22(28)8-7-20-17(2)21(14-24)23(29)25-18(20)3/h4-6,13H,7-12,15H2,1-3H3,(H,25,29). The number of piperazine rings is 1. The van der Waals surface area contributed by atoms with Crippen LogP contribution in [0.15, 0.2) is 29.1 Å². The van der Waals surface area contributed by atoms with Gasteiger partial charge in [0.25, 0.3) is 5.56 Å². The molecule has 1 amide bonds. The van der Waals surface area contributed by atoms with Gasteiger partial charge in [-0.1, -0.05) is 29.8 Å². The fraction of sp³-hybridized carbons (Fsp3) is 0.435. The van der Waals surface area contributed by atoms with E-state index in [4.69, 9.17) is 0 Å². The number of hydrogen-bond acceptors (Lipinski definition) is 4. The highest BCUT2D eigenvalue weighted by atomic mass is 16.2. The summed E-state index contributed by atoms with van der Waals surface area (Å²) in [5, 5.41) is 9.19. The minimum atomic E-state index is -0.359. The van der Waals surface area contributed by atoms with Gasteiger partial charge in [0.1, 0.15) is 11.6 Å². The highest BCUT2D eigenvalue weighted by Crippen LogP contribution is 2.16. The van der Waals surface area contributed by atoms with E-state index in [1.54, 1.807) is 6.92 Å². The highest BCUT2D eigenvalue weighted by Gasteiger charge is 2.22. The zero-order valence-corrected chi connectivity index (χ0v) is 17.4. The molecule has 29 heavy (non-hydrogen) atoms. The fourth-order valence-electron chi connectivity index (χ4n) is 4.03. The van der Waals surface area contributed by atoms with E-state index in [1.165, 1.54) is 11.1 Å². The number of nitrogens with one attached hydrogen (secondary N) is 1. The molecule has 1 aliphatic rings. The summed E-state index contributed by atoms with van der Waals surface area (Å²) in [5.74, 6) is 0.128. The monoisotopic (exact) mass is 392 g/mol. The van der Waals surface area contributed by atoms with Crippen LogP contribution in [0.4, 0.5) is 0 Å². The van der Waals surface area contributed by atoms with E-state index in [1.807, 2.05) is 17.9 Å². The summed E-state index contributed by atoms with van der Waals surface area (Å²) in [5.41, 5.74) is 4.68. The molecule has 1 saturated heterocycles. The van der Waals surface area contributed by atoms with E-state index in [0.717, 1.165) is 44.0 Å². The van der Waals surface area contributed by atoms with Gasteiger partial charge in [-0.25, -0.2) is 0 Å². The van der Waals surface area contributed by atoms with E-state index in [-0.39, 0.29) is 17.0 Å². The molecule has 0 spiro atoms. The SMILES string of the molecule is Cc1cccc(CN2CCN(C(=O)CCc3c(C)[nH]c(=O)c(C#N)c3C)CC2)c1. The Morgan fingerprint density at radius 2 is 1.90 bits per heavy atom. The number of carbonyl (C=O) groups excluding carboxylic acids is 1. The number of carbonyl (C=O) groups is 1. The van der Waals surface area contributed by atoms with Crippen LogP contribution in [0.25, 0.3) is 0 Å². The molecular weight excluding hydrogens is 364 g/mol. The minimum Gasteiger partial charge on any atom is -0.340 e. The van der Waals surface area contributed by atoms with Crippen molar-refractivity contribution in [3.63, 3.8) is 0 Å². The van der Waals surface area contributed by atoms with Gasteiger partial charge >= 0.3 is 0 Å². The Balaban J connectivity index is 1.54. The van der Waals surface area contributed by atoms with Crippen LogP contribution >= 0.6 is 0 Å². The molecular formula is C23H28N4O2. The van der Waals surface area contributed by atoms with Gasteiger partial charge in [-0.3, -0.25) is 14.5 Å². The van der Waals surface area contributed by atoms with Crippen LogP contribution in [0.1, 0.15) is 39.9 Å². The predicted octanol–water partition coefficient (Wildman–Crippen LogP) is 2.45. The van der Waals surface area contributed by atoms with Crippen molar-refractivity contribution in [3.05, 3.63) is 68.1 Å². The number of H-pyrrole nitrogens is 1. The summed E-state index contributed by atoms with van der Waals surface area (Å²) in [4.78, 5) is 31.6. The van der Waals surface area contributed by atoms with Crippen LogP contribution in [0.5, 0.6) is 0 Å². The maximum Gasteiger partial charge on any atom is 0.266 e. The number of benzene rings is 1. The fourth-order valence-corrected chi connectivity index (χ4v) is 4.03. The predicted molar refractivity (Wildman–Crippen MR) is 113 cm³/mol. The molecule has 2 heterocycles. The molecule has 1 N–H and O–H groups in total. The number of aromatic amines is 1. The maximum absolute atomic E-state index is 12.7. The summed E-state index contributed by atoms with van der Waals surface area (Å²) in [6, 6.07) is 10.5. The second-order valence-electron chi connectivity index (χ2n) is 7.82. The number of nitrogens with zero attached hydrogens (tertiary/aromatic N) is 3. The van der Waals surface area contributed by atoms with Gasteiger partial charge < -0.3 is 9.88 Å². The molecule has 152 valence electrons. The zero-order valence-electron chi connectivity index (χ0n) is 17.4. The van der Waals surface area contributed by atoms with Crippen LogP contribution in [0, 0.1) is 32.1 Å². The summed E-state index contributed by atoms with van der Waals surface area (Å²) < 4.78 is 0. The molecule has 0 atom stereocenters. The van der Waals surface area contributed by atoms with E-state index in [0.29, 0.717) is 18.4 Å². The molecule has 1 aliphatic heterocycles. The largest absolute Gasteiger partial charge is 0.340 e. The van der Waals surface area contributed by atoms with Crippen molar-refractivity contribution in [2.45, 2.75) is 40.2 Å². The number of pyridine rings is 1. The average molecular weight is 393 g/mol. The third-order valence-corrected chi connectivity index (χ3v) is 5.72. The van der Waals surface area contributed by atoms with Gasteiger partial charge in [-0.05, 0) is 43.9 Å². The lowest BCUT2D eigenvalue weighted by atomic mass is 9.99. The minimum absolute atomic E-state index is 0.128. The second kappa shape index (κ2) is 9.06. The molecule has 1 aromatic heterocycles. The number of amides is 1. The van der Waals surface area contributed by atoms with Gasteiger partial charge in [0.15, 0.2) is 0 Å². The van der Waals surface area contributed by atoms with Crippen molar-refractivity contribution in [2.24, 2.45) is 0 Å². The summed E-state index contributed by atoms with van der Waals surface area (Å²) >= 11 is 0. The van der Waals surface area contributed by atoms with Crippen molar-refractivity contribution < 1.29 is 4.79 Å². The normalized spacial score (nSPS) is 14.6. The molecule has 0 aliphatic carbocycles. The number of hydrogen-bond donors (Lipinski definition) is 1. The Morgan fingerprint density at radius 3 is 2.55 bits per heavy atom. The molecule has 6 heteroatoms. The van der Waals surface area contributed by atoms with Gasteiger partial charge in [-0.15, -0.1) is 0 Å². The van der Waals surface area contributed by atoms with Crippen molar-refractivity contribution >= 4 is 5.91 Å². The van der Waals surface area contributed by atoms with Crippen LogP contribution in [-0.4, -0.2) is 46.9 Å². The lowest BCUT2D eigenvalue weighted by molar-refractivity contribution is -0.133. The number of aryl methyl sites for hydroxylation is 2. The smallest absolute Gasteiger partial charge is 0.266 e. The maximum atomic E-state index is 12.7. The first-order valence-electron chi connectivity index (χ1n) is 10.1. The lowest BCUT2D eigenvalue weighted by Crippen LogP contribution is -2.48. The molecule has 0 bridgehead atoms. The number of rotatable bonds is 5. The Morgan fingerprint density at radius 1 is 1.17 bits per heavy atom. The van der Waals surface area contributed by atoms with Crippen molar-refractivity contribution in [3.8, 4) is 6.07 Å². The van der Waals surface area contributed by atoms with Gasteiger partial charge in [-0.2, -0.15) is 5.26 Å². The lowest BCUT2D eigenvalue weighted by Gasteiger charge is -2.35. The van der Waals surface area contributed by atoms with Crippen LogP contribution < -0.4 is 5.56 Å². The second-order valence-corrected chi connectivity index (χ2v) is 7.82. The molecule has 2 aromatic rings. The summed E-state index contributed by atoms with van der Waals surface area (Å²) in [6.07, 6.45) is 0.919. The average Bonchev–Trinajstić information content (AvgIpc) is 2.68. The Bertz CT molecular complexity index is 995. The van der Waals surface area contributed by atoms with E-state index in [2.05, 4.69) is 41.1 Å². The van der Waals surface area contributed by atoms with Crippen molar-refractivity contribution in [2.75, 3.05) is 26.2 Å². The first-order valence-corrected chi connectivity index (χ1v) is 10.1. The first kappa shape index (κ1) is 20.8. The van der Waals surface area contributed by atoms with E-state index < -0.39 is 0 Å². The Kier molecular flexibility index (Phi) is 6.50. The van der Waals surface area contributed by atoms with Crippen LogP contribution in [0.3, 0.4) is 0 Å². The molecule has 6 nitrogen and oxygen atoms in total. The Hall–Kier alpha value is -2.91. The number of aromatic nitrogens is 1. The van der Waals surface area contributed by atoms with Crippen molar-refractivity contribution in [1.29, 1.82) is 5.26 Å². The summed E-state index contributed by atoms with van der Waals surface area (Å²) in [7, 11) is 0. The number of nitriles is 1. The van der Waals surface area contributed by atoms with Crippen molar-refractivity contribution in [1.82, 2.24) is 14.8 Å². The van der Waals surface area contributed by atoms with Gasteiger partial charge in [0.2, 0.25) is 5.91 Å². The molecule has 0 radical (unpaired) electrons. The van der Waals surface area contributed by atoms with Crippen LogP contribution in [0.2, 0.25) is 0 Å². The van der Waals surface area contributed by atoms with Crippen LogP contribution in [-0.2, 0) is 17.8 Å². The molecule has 0 unspecified atom stereocenters. The first-order chi connectivity index (χ1) is 13.9. The summed E-state index contributed by atoms with van der Waals surface area (Å²) in [6.45, 7) is 9.82. The Labute approximate surface area is 171 Å². The molecule has 3 rings (SSSR count). The molecule has 0 saturated carbocycles. The highest BCUT2D eigenvalue weighted by molar-refractivity contribution is 5.76. The van der Waals surface area contributed by atoms with Gasteiger partial charge in [0.05, 0.1) is 0 Å². The third-order valence-electron chi connectivity index (χ3n) is 5.72. The zero-order chi connectivity index (χ0) is 21.0. The van der Waals surface area contributed by atoms with E-state index in [9.17, 15) is 14.9 Å². The topological polar surface area (TPSA) is 80.2 Å². The quantitative estimate of drug-likeness (QED) is 0.848. The van der Waals surface area contributed by atoms with E-state index >= 15 is 0 Å². The van der Waals surface area contributed by atoms with Gasteiger partial charge in [0, 0.05) is 44.8 Å². The third kappa shape index (κ3) is 4.93. The molecule has 1 aromatic carbocycles. The molecule has 1 fully saturated rings.